The van der Waals surface area contributed by atoms with Gasteiger partial charge in [-0.25, -0.2) is 13.8 Å². The average molecular weight is 277 g/mol. The van der Waals surface area contributed by atoms with E-state index in [-0.39, 0.29) is 11.6 Å². The molecule has 3 nitrogen and oxygen atoms in total. The topological polar surface area (TPSA) is 37.0 Å². The van der Waals surface area contributed by atoms with Gasteiger partial charge in [-0.05, 0) is 31.0 Å². The van der Waals surface area contributed by atoms with Crippen molar-refractivity contribution in [1.82, 2.24) is 4.98 Å². The molecule has 0 fully saturated rings. The van der Waals surface area contributed by atoms with Gasteiger partial charge in [0.2, 0.25) is 0 Å². The summed E-state index contributed by atoms with van der Waals surface area (Å²) in [7, 11) is 0. The fraction of sp³-hybridized carbons (Fsp3) is 0.267. The Kier molecular flexibility index (Phi) is 4.50. The number of halogens is 2. The predicted octanol–water partition coefficient (Wildman–Crippen LogP) is 4.10. The summed E-state index contributed by atoms with van der Waals surface area (Å²) in [5.41, 5.74) is 1.86. The first kappa shape index (κ1) is 14.2. The smallest absolute Gasteiger partial charge is 0.169 e. The fourth-order valence-corrected chi connectivity index (χ4v) is 1.85. The van der Waals surface area contributed by atoms with E-state index in [0.717, 1.165) is 23.7 Å². The van der Waals surface area contributed by atoms with Gasteiger partial charge < -0.3 is 10.6 Å². The maximum absolute atomic E-state index is 13.7. The largest absolute Gasteiger partial charge is 0.368 e. The van der Waals surface area contributed by atoms with Crippen LogP contribution in [-0.2, 0) is 6.42 Å². The molecule has 5 heteroatoms. The Balaban J connectivity index is 2.30. The van der Waals surface area contributed by atoms with E-state index in [9.17, 15) is 8.78 Å². The lowest BCUT2D eigenvalue weighted by molar-refractivity contribution is 0.579. The first-order valence-corrected chi connectivity index (χ1v) is 6.60. The number of hydrogen-bond acceptors (Lipinski definition) is 3. The molecule has 2 N–H and O–H groups in total. The van der Waals surface area contributed by atoms with E-state index >= 15 is 0 Å². The first-order chi connectivity index (χ1) is 9.63. The molecule has 0 aliphatic rings. The van der Waals surface area contributed by atoms with Crippen molar-refractivity contribution in [2.24, 2.45) is 0 Å². The fourth-order valence-electron chi connectivity index (χ4n) is 1.85. The van der Waals surface area contributed by atoms with Gasteiger partial charge in [0.15, 0.2) is 23.3 Å². The summed E-state index contributed by atoms with van der Waals surface area (Å²) in [5.74, 6) is -1.36. The van der Waals surface area contributed by atoms with Crippen LogP contribution >= 0.6 is 0 Å². The number of aryl methyl sites for hydroxylation is 1. The van der Waals surface area contributed by atoms with Gasteiger partial charge in [-0.15, -0.1) is 0 Å². The summed E-state index contributed by atoms with van der Waals surface area (Å²) >= 11 is 0. The van der Waals surface area contributed by atoms with Crippen LogP contribution in [0, 0.1) is 11.6 Å². The number of anilines is 3. The molecule has 1 heterocycles. The third-order valence-electron chi connectivity index (χ3n) is 2.87. The molecule has 2 rings (SSSR count). The molecule has 0 aliphatic heterocycles. The molecule has 20 heavy (non-hydrogen) atoms. The van der Waals surface area contributed by atoms with Crippen molar-refractivity contribution in [3.63, 3.8) is 0 Å². The number of benzene rings is 1. The monoisotopic (exact) mass is 277 g/mol. The minimum Gasteiger partial charge on any atom is -0.368 e. The van der Waals surface area contributed by atoms with Crippen LogP contribution in [0.1, 0.15) is 19.4 Å². The van der Waals surface area contributed by atoms with E-state index in [1.807, 2.05) is 38.1 Å². The zero-order chi connectivity index (χ0) is 14.5. The van der Waals surface area contributed by atoms with Crippen molar-refractivity contribution in [2.45, 2.75) is 20.3 Å². The number of aromatic nitrogens is 1. The number of pyridine rings is 1. The minimum absolute atomic E-state index is 0.00982. The molecule has 0 amide bonds. The third-order valence-corrected chi connectivity index (χ3v) is 2.87. The van der Waals surface area contributed by atoms with Gasteiger partial charge in [-0.1, -0.05) is 19.1 Å². The molecular weight excluding hydrogens is 260 g/mol. The van der Waals surface area contributed by atoms with Gasteiger partial charge in [-0.2, -0.15) is 0 Å². The van der Waals surface area contributed by atoms with E-state index < -0.39 is 11.6 Å². The summed E-state index contributed by atoms with van der Waals surface area (Å²) in [6.07, 6.45) is 0.886. The predicted molar refractivity (Wildman–Crippen MR) is 77.4 cm³/mol. The summed E-state index contributed by atoms with van der Waals surface area (Å²) in [5, 5.41) is 5.64. The standard InChI is InChI=1S/C15H17F2N3/c1-3-10-6-5-7-11(8-10)19-15-13(17)9-12(16)14(20-15)18-4-2/h5-9H,3-4H2,1-2H3,(H2,18,19,20). The van der Waals surface area contributed by atoms with Crippen LogP contribution < -0.4 is 10.6 Å². The highest BCUT2D eigenvalue weighted by molar-refractivity contribution is 5.59. The summed E-state index contributed by atoms with van der Waals surface area (Å²) in [4.78, 5) is 3.94. The molecule has 106 valence electrons. The maximum atomic E-state index is 13.7. The van der Waals surface area contributed by atoms with E-state index in [1.54, 1.807) is 0 Å². The second-order valence-electron chi connectivity index (χ2n) is 4.36. The SMILES string of the molecule is CCNc1nc(Nc2cccc(CC)c2)c(F)cc1F. The van der Waals surface area contributed by atoms with E-state index in [0.29, 0.717) is 6.54 Å². The Hall–Kier alpha value is -2.17. The van der Waals surface area contributed by atoms with Crippen molar-refractivity contribution in [1.29, 1.82) is 0 Å². The van der Waals surface area contributed by atoms with Crippen molar-refractivity contribution in [2.75, 3.05) is 17.2 Å². The van der Waals surface area contributed by atoms with E-state index in [1.165, 1.54) is 0 Å². The maximum Gasteiger partial charge on any atom is 0.169 e. The highest BCUT2D eigenvalue weighted by Gasteiger charge is 2.11. The molecule has 2 aromatic rings. The van der Waals surface area contributed by atoms with Gasteiger partial charge in [-0.3, -0.25) is 0 Å². The Labute approximate surface area is 117 Å². The summed E-state index contributed by atoms with van der Waals surface area (Å²) < 4.78 is 27.2. The molecule has 0 bridgehead atoms. The van der Waals surface area contributed by atoms with Gasteiger partial charge in [0.25, 0.3) is 0 Å². The second kappa shape index (κ2) is 6.32. The number of rotatable bonds is 5. The van der Waals surface area contributed by atoms with Crippen LogP contribution in [0.25, 0.3) is 0 Å². The lowest BCUT2D eigenvalue weighted by atomic mass is 10.1. The number of hydrogen-bond donors (Lipinski definition) is 2. The molecule has 0 aliphatic carbocycles. The van der Waals surface area contributed by atoms with Gasteiger partial charge in [0.1, 0.15) is 0 Å². The average Bonchev–Trinajstić information content (AvgIpc) is 2.44. The molecule has 0 saturated heterocycles. The lowest BCUT2D eigenvalue weighted by Gasteiger charge is -2.11. The molecule has 0 spiro atoms. The first-order valence-electron chi connectivity index (χ1n) is 6.60. The zero-order valence-electron chi connectivity index (χ0n) is 11.5. The minimum atomic E-state index is -0.717. The highest BCUT2D eigenvalue weighted by atomic mass is 19.1. The Morgan fingerprint density at radius 2 is 1.80 bits per heavy atom. The van der Waals surface area contributed by atoms with Crippen molar-refractivity contribution in [3.05, 3.63) is 47.5 Å². The highest BCUT2D eigenvalue weighted by Crippen LogP contribution is 2.23. The third kappa shape index (κ3) is 3.23. The second-order valence-corrected chi connectivity index (χ2v) is 4.36. The van der Waals surface area contributed by atoms with Gasteiger partial charge >= 0.3 is 0 Å². The molecule has 0 atom stereocenters. The van der Waals surface area contributed by atoms with Crippen molar-refractivity contribution < 1.29 is 8.78 Å². The van der Waals surface area contributed by atoms with Crippen LogP contribution in [0.2, 0.25) is 0 Å². The van der Waals surface area contributed by atoms with Crippen LogP contribution in [-0.4, -0.2) is 11.5 Å². The van der Waals surface area contributed by atoms with Crippen LogP contribution in [0.3, 0.4) is 0 Å². The Morgan fingerprint density at radius 3 is 2.50 bits per heavy atom. The van der Waals surface area contributed by atoms with Gasteiger partial charge in [0, 0.05) is 18.3 Å². The van der Waals surface area contributed by atoms with E-state index in [4.69, 9.17) is 0 Å². The quantitative estimate of drug-likeness (QED) is 0.864. The van der Waals surface area contributed by atoms with Crippen LogP contribution in [0.5, 0.6) is 0 Å². The molecular formula is C15H17F2N3. The molecule has 0 saturated carbocycles. The molecule has 0 unspecified atom stereocenters. The molecule has 1 aromatic heterocycles. The van der Waals surface area contributed by atoms with Crippen molar-refractivity contribution in [3.8, 4) is 0 Å². The van der Waals surface area contributed by atoms with Crippen LogP contribution in [0.4, 0.5) is 26.1 Å². The molecule has 1 aromatic carbocycles. The normalized spacial score (nSPS) is 10.4. The Bertz CT molecular complexity index is 600. The van der Waals surface area contributed by atoms with Gasteiger partial charge in [0.05, 0.1) is 0 Å². The Morgan fingerprint density at radius 1 is 1.05 bits per heavy atom. The lowest BCUT2D eigenvalue weighted by Crippen LogP contribution is -2.06. The van der Waals surface area contributed by atoms with E-state index in [2.05, 4.69) is 15.6 Å². The summed E-state index contributed by atoms with van der Waals surface area (Å²) in [6.45, 7) is 4.38. The number of nitrogens with zero attached hydrogens (tertiary/aromatic N) is 1. The molecule has 0 radical (unpaired) electrons. The summed E-state index contributed by atoms with van der Waals surface area (Å²) in [6, 6.07) is 8.43. The van der Waals surface area contributed by atoms with Crippen LogP contribution in [0.15, 0.2) is 30.3 Å². The zero-order valence-corrected chi connectivity index (χ0v) is 11.5. The number of nitrogens with one attached hydrogen (secondary N) is 2. The van der Waals surface area contributed by atoms with Crippen molar-refractivity contribution >= 4 is 17.3 Å².